The van der Waals surface area contributed by atoms with Gasteiger partial charge in [-0.3, -0.25) is 9.36 Å². The monoisotopic (exact) mass is 410 g/mol. The summed E-state index contributed by atoms with van der Waals surface area (Å²) in [5, 5.41) is 9.43. The number of nitrogens with zero attached hydrogens (tertiary/aromatic N) is 4. The Morgan fingerprint density at radius 2 is 1.86 bits per heavy atom. The number of benzene rings is 1. The molecule has 1 aromatic carbocycles. The highest BCUT2D eigenvalue weighted by atomic mass is 32.2. The number of carbonyl (C=O) groups is 1. The van der Waals surface area contributed by atoms with E-state index in [9.17, 15) is 4.79 Å². The third kappa shape index (κ3) is 4.72. The van der Waals surface area contributed by atoms with Crippen LogP contribution < -0.4 is 0 Å². The van der Waals surface area contributed by atoms with Gasteiger partial charge < -0.3 is 9.32 Å². The highest BCUT2D eigenvalue weighted by Crippen LogP contribution is 2.27. The topological polar surface area (TPSA) is 64.2 Å². The van der Waals surface area contributed by atoms with Crippen LogP contribution in [-0.4, -0.2) is 44.4 Å². The first-order valence-corrected chi connectivity index (χ1v) is 11.0. The van der Waals surface area contributed by atoms with Crippen LogP contribution in [0.5, 0.6) is 0 Å². The zero-order chi connectivity index (χ0) is 20.2. The maximum absolute atomic E-state index is 12.8. The molecule has 0 saturated carbocycles. The van der Waals surface area contributed by atoms with Gasteiger partial charge in [-0.15, -0.1) is 10.2 Å². The fraction of sp³-hybridized carbons (Fsp3) is 0.409. The molecule has 0 unspecified atom stereocenters. The Morgan fingerprint density at radius 1 is 1.10 bits per heavy atom. The van der Waals surface area contributed by atoms with Gasteiger partial charge in [0.15, 0.2) is 10.9 Å². The number of furan rings is 1. The summed E-state index contributed by atoms with van der Waals surface area (Å²) in [5.41, 5.74) is 1.15. The normalized spacial score (nSPS) is 19.4. The lowest BCUT2D eigenvalue weighted by atomic mass is 9.92. The second kappa shape index (κ2) is 8.86. The van der Waals surface area contributed by atoms with Gasteiger partial charge in [0.05, 0.1) is 18.6 Å². The lowest BCUT2D eigenvalue weighted by Gasteiger charge is -2.34. The van der Waals surface area contributed by atoms with Crippen LogP contribution in [0.3, 0.4) is 0 Å². The van der Waals surface area contributed by atoms with Crippen LogP contribution in [0.1, 0.15) is 25.8 Å². The second-order valence-corrected chi connectivity index (χ2v) is 8.83. The summed E-state index contributed by atoms with van der Waals surface area (Å²) in [6.45, 7) is 6.75. The van der Waals surface area contributed by atoms with Crippen molar-refractivity contribution in [3.63, 3.8) is 0 Å². The van der Waals surface area contributed by atoms with Gasteiger partial charge in [0, 0.05) is 13.1 Å². The minimum Gasteiger partial charge on any atom is -0.461 e. The van der Waals surface area contributed by atoms with E-state index in [1.807, 2.05) is 39.8 Å². The molecule has 1 fully saturated rings. The second-order valence-electron chi connectivity index (χ2n) is 7.89. The molecule has 29 heavy (non-hydrogen) atoms. The molecule has 6 nitrogen and oxygen atoms in total. The number of carbonyl (C=O) groups excluding carboxylic acids is 1. The molecule has 4 rings (SSSR count). The van der Waals surface area contributed by atoms with Crippen LogP contribution >= 0.6 is 11.8 Å². The fourth-order valence-electron chi connectivity index (χ4n) is 3.98. The van der Waals surface area contributed by atoms with Crippen molar-refractivity contribution in [1.29, 1.82) is 0 Å². The van der Waals surface area contributed by atoms with Crippen LogP contribution in [-0.2, 0) is 11.3 Å². The lowest BCUT2D eigenvalue weighted by molar-refractivity contribution is -0.130. The molecule has 3 aromatic rings. The molecule has 0 N–H and O–H groups in total. The Hall–Kier alpha value is -2.54. The summed E-state index contributed by atoms with van der Waals surface area (Å²) >= 11 is 1.45. The number of rotatable bonds is 6. The van der Waals surface area contributed by atoms with Crippen molar-refractivity contribution in [2.45, 2.75) is 32.0 Å². The summed E-state index contributed by atoms with van der Waals surface area (Å²) in [7, 11) is 0. The Bertz CT molecular complexity index is 929. The molecule has 0 spiro atoms. The number of aromatic nitrogens is 3. The average molecular weight is 411 g/mol. The number of piperidine rings is 1. The average Bonchev–Trinajstić information content (AvgIpc) is 3.36. The van der Waals surface area contributed by atoms with Crippen molar-refractivity contribution in [3.05, 3.63) is 54.3 Å². The van der Waals surface area contributed by atoms with E-state index in [1.54, 1.807) is 6.26 Å². The SMILES string of the molecule is C[C@@H]1C[C@@H](C)CN(C(=O)CSc2nnc(-c3ccco3)n2Cc2ccccc2)C1. The zero-order valence-electron chi connectivity index (χ0n) is 16.8. The van der Waals surface area contributed by atoms with Crippen LogP contribution in [0.15, 0.2) is 58.3 Å². The molecule has 2 atom stereocenters. The van der Waals surface area contributed by atoms with Gasteiger partial charge in [0.1, 0.15) is 0 Å². The lowest BCUT2D eigenvalue weighted by Crippen LogP contribution is -2.43. The van der Waals surface area contributed by atoms with E-state index in [0.29, 0.717) is 35.7 Å². The van der Waals surface area contributed by atoms with Crippen molar-refractivity contribution < 1.29 is 9.21 Å². The van der Waals surface area contributed by atoms with Gasteiger partial charge in [-0.05, 0) is 36.0 Å². The van der Waals surface area contributed by atoms with E-state index in [0.717, 1.165) is 23.8 Å². The van der Waals surface area contributed by atoms with Gasteiger partial charge in [-0.2, -0.15) is 0 Å². The largest absolute Gasteiger partial charge is 0.461 e. The quantitative estimate of drug-likeness (QED) is 0.570. The molecule has 152 valence electrons. The number of amides is 1. The van der Waals surface area contributed by atoms with Crippen molar-refractivity contribution in [1.82, 2.24) is 19.7 Å². The summed E-state index contributed by atoms with van der Waals surface area (Å²) < 4.78 is 7.57. The Balaban J connectivity index is 1.51. The molecule has 0 bridgehead atoms. The molecular formula is C22H26N4O2S. The first-order valence-electron chi connectivity index (χ1n) is 10.0. The van der Waals surface area contributed by atoms with Gasteiger partial charge in [-0.1, -0.05) is 55.9 Å². The summed E-state index contributed by atoms with van der Waals surface area (Å²) in [6.07, 6.45) is 2.82. The highest BCUT2D eigenvalue weighted by molar-refractivity contribution is 7.99. The maximum atomic E-state index is 12.8. The molecule has 1 aliphatic rings. The van der Waals surface area contributed by atoms with E-state index in [-0.39, 0.29) is 5.91 Å². The standard InChI is InChI=1S/C22H26N4O2S/c1-16-11-17(2)13-25(12-16)20(27)15-29-22-24-23-21(19-9-6-10-28-19)26(22)14-18-7-4-3-5-8-18/h3-10,16-17H,11-15H2,1-2H3/t16-,17-/m1/s1. The van der Waals surface area contributed by atoms with Crippen molar-refractivity contribution in [2.75, 3.05) is 18.8 Å². The third-order valence-corrected chi connectivity index (χ3v) is 6.14. The van der Waals surface area contributed by atoms with Crippen LogP contribution in [0.2, 0.25) is 0 Å². The van der Waals surface area contributed by atoms with Gasteiger partial charge in [0.2, 0.25) is 11.7 Å². The zero-order valence-corrected chi connectivity index (χ0v) is 17.6. The minimum absolute atomic E-state index is 0.169. The molecule has 0 aliphatic carbocycles. The first-order chi connectivity index (χ1) is 14.1. The predicted octanol–water partition coefficient (Wildman–Crippen LogP) is 4.18. The van der Waals surface area contributed by atoms with E-state index in [4.69, 9.17) is 4.42 Å². The Kier molecular flexibility index (Phi) is 6.04. The Morgan fingerprint density at radius 3 is 2.55 bits per heavy atom. The summed E-state index contributed by atoms with van der Waals surface area (Å²) in [4.78, 5) is 14.8. The molecule has 0 radical (unpaired) electrons. The molecule has 7 heteroatoms. The van der Waals surface area contributed by atoms with Crippen LogP contribution in [0, 0.1) is 11.8 Å². The van der Waals surface area contributed by atoms with E-state index < -0.39 is 0 Å². The van der Waals surface area contributed by atoms with Crippen LogP contribution in [0.25, 0.3) is 11.6 Å². The van der Waals surface area contributed by atoms with Crippen LogP contribution in [0.4, 0.5) is 0 Å². The molecule has 1 aliphatic heterocycles. The smallest absolute Gasteiger partial charge is 0.233 e. The van der Waals surface area contributed by atoms with E-state index >= 15 is 0 Å². The van der Waals surface area contributed by atoms with Gasteiger partial charge in [0.25, 0.3) is 0 Å². The molecule has 1 saturated heterocycles. The number of hydrogen-bond donors (Lipinski definition) is 0. The predicted molar refractivity (Wildman–Crippen MR) is 114 cm³/mol. The maximum Gasteiger partial charge on any atom is 0.233 e. The number of hydrogen-bond acceptors (Lipinski definition) is 5. The number of likely N-dealkylation sites (tertiary alicyclic amines) is 1. The van der Waals surface area contributed by atoms with E-state index in [2.05, 4.69) is 36.2 Å². The summed E-state index contributed by atoms with van der Waals surface area (Å²) in [5.74, 6) is 2.99. The molecule has 2 aromatic heterocycles. The van der Waals surface area contributed by atoms with E-state index in [1.165, 1.54) is 18.2 Å². The molecule has 1 amide bonds. The van der Waals surface area contributed by atoms with Crippen molar-refractivity contribution in [3.8, 4) is 11.6 Å². The van der Waals surface area contributed by atoms with Gasteiger partial charge >= 0.3 is 0 Å². The van der Waals surface area contributed by atoms with Gasteiger partial charge in [-0.25, -0.2) is 0 Å². The van der Waals surface area contributed by atoms with Crippen molar-refractivity contribution in [2.24, 2.45) is 11.8 Å². The molecular weight excluding hydrogens is 384 g/mol. The summed E-state index contributed by atoms with van der Waals surface area (Å²) in [6, 6.07) is 13.9. The number of thioether (sulfide) groups is 1. The molecule has 3 heterocycles. The fourth-order valence-corrected chi connectivity index (χ4v) is 4.82. The third-order valence-electron chi connectivity index (χ3n) is 5.19. The highest BCUT2D eigenvalue weighted by Gasteiger charge is 2.26. The Labute approximate surface area is 175 Å². The first kappa shape index (κ1) is 19.8. The van der Waals surface area contributed by atoms with Crippen molar-refractivity contribution >= 4 is 17.7 Å². The minimum atomic E-state index is 0.169.